The van der Waals surface area contributed by atoms with E-state index >= 15 is 0 Å². The fraction of sp³-hybridized carbons (Fsp3) is 0.417. The Labute approximate surface area is 107 Å². The van der Waals surface area contributed by atoms with Crippen LogP contribution in [0.1, 0.15) is 28.8 Å². The van der Waals surface area contributed by atoms with E-state index in [-0.39, 0.29) is 18.0 Å². The summed E-state index contributed by atoms with van der Waals surface area (Å²) in [6.07, 6.45) is 1.75. The number of benzene rings is 1. The first-order chi connectivity index (χ1) is 7.81. The molecule has 1 aromatic carbocycles. The predicted octanol–water partition coefficient (Wildman–Crippen LogP) is 2.66. The molecule has 0 unspecified atom stereocenters. The van der Waals surface area contributed by atoms with E-state index in [0.717, 1.165) is 5.56 Å². The highest BCUT2D eigenvalue weighted by Gasteiger charge is 2.12. The van der Waals surface area contributed by atoms with Gasteiger partial charge >= 0.3 is 0 Å². The number of rotatable bonds is 5. The summed E-state index contributed by atoms with van der Waals surface area (Å²) in [5.74, 6) is -0.0214. The maximum atomic E-state index is 11.9. The first kappa shape index (κ1) is 14.2. The van der Waals surface area contributed by atoms with E-state index in [1.807, 2.05) is 0 Å². The van der Waals surface area contributed by atoms with Crippen LogP contribution in [0.3, 0.4) is 0 Å². The molecule has 0 fully saturated rings. The van der Waals surface area contributed by atoms with Crippen LogP contribution in [0.5, 0.6) is 0 Å². The number of ketones is 1. The third-order valence-electron chi connectivity index (χ3n) is 2.49. The van der Waals surface area contributed by atoms with Crippen molar-refractivity contribution in [2.24, 2.45) is 0 Å². The minimum atomic E-state index is -3.00. The van der Waals surface area contributed by atoms with Gasteiger partial charge in [-0.2, -0.15) is 0 Å². The van der Waals surface area contributed by atoms with Gasteiger partial charge in [0.15, 0.2) is 5.78 Å². The zero-order chi connectivity index (χ0) is 13.1. The Hall–Kier alpha value is -0.870. The smallest absolute Gasteiger partial charge is 0.163 e. The van der Waals surface area contributed by atoms with Crippen LogP contribution >= 0.6 is 11.6 Å². The zero-order valence-electron chi connectivity index (χ0n) is 9.86. The molecule has 0 saturated heterocycles. The van der Waals surface area contributed by atoms with Gasteiger partial charge in [0.05, 0.1) is 5.75 Å². The van der Waals surface area contributed by atoms with E-state index in [4.69, 9.17) is 11.6 Å². The average molecular weight is 275 g/mol. The minimum Gasteiger partial charge on any atom is -0.294 e. The van der Waals surface area contributed by atoms with Crippen LogP contribution in [0.25, 0.3) is 0 Å². The molecule has 0 bridgehead atoms. The topological polar surface area (TPSA) is 51.2 Å². The second-order valence-electron chi connectivity index (χ2n) is 4.07. The summed E-state index contributed by atoms with van der Waals surface area (Å²) in [5, 5.41) is 0.555. The summed E-state index contributed by atoms with van der Waals surface area (Å²) < 4.78 is 21.9. The van der Waals surface area contributed by atoms with Gasteiger partial charge < -0.3 is 0 Å². The molecule has 0 spiro atoms. The standard InChI is InChI=1S/C12H15ClO3S/c1-9-10(5-3-6-11(9)13)12(14)7-4-8-17(2,15)16/h3,5-6H,4,7-8H2,1-2H3. The largest absolute Gasteiger partial charge is 0.294 e. The van der Waals surface area contributed by atoms with Crippen LogP contribution in [0, 0.1) is 6.92 Å². The van der Waals surface area contributed by atoms with Crippen molar-refractivity contribution in [3.05, 3.63) is 34.3 Å². The average Bonchev–Trinajstić information content (AvgIpc) is 2.20. The Morgan fingerprint density at radius 1 is 1.35 bits per heavy atom. The number of Topliss-reactive ketones (excluding diaryl/α,β-unsaturated/α-hetero) is 1. The highest BCUT2D eigenvalue weighted by molar-refractivity contribution is 7.90. The van der Waals surface area contributed by atoms with Gasteiger partial charge in [-0.15, -0.1) is 0 Å². The number of carbonyl (C=O) groups is 1. The second kappa shape index (κ2) is 5.65. The summed E-state index contributed by atoms with van der Waals surface area (Å²) in [5.41, 5.74) is 1.32. The SMILES string of the molecule is Cc1c(Cl)cccc1C(=O)CCCS(C)(=O)=O. The molecule has 0 aromatic heterocycles. The minimum absolute atomic E-state index is 0.0400. The third kappa shape index (κ3) is 4.48. The van der Waals surface area contributed by atoms with Crippen LogP contribution in [-0.4, -0.2) is 26.2 Å². The highest BCUT2D eigenvalue weighted by Crippen LogP contribution is 2.20. The van der Waals surface area contributed by atoms with Gasteiger partial charge in [0.2, 0.25) is 0 Å². The molecule has 0 amide bonds. The molecule has 1 aromatic rings. The fourth-order valence-corrected chi connectivity index (χ4v) is 2.38. The van der Waals surface area contributed by atoms with Gasteiger partial charge in [-0.1, -0.05) is 23.7 Å². The van der Waals surface area contributed by atoms with Crippen molar-refractivity contribution in [1.82, 2.24) is 0 Å². The molecule has 5 heteroatoms. The molecule has 0 heterocycles. The fourth-order valence-electron chi connectivity index (χ4n) is 1.54. The van der Waals surface area contributed by atoms with E-state index in [1.165, 1.54) is 6.26 Å². The lowest BCUT2D eigenvalue weighted by Gasteiger charge is -2.06. The van der Waals surface area contributed by atoms with Gasteiger partial charge in [0.25, 0.3) is 0 Å². The summed E-state index contributed by atoms with van der Waals surface area (Å²) in [6.45, 7) is 1.78. The van der Waals surface area contributed by atoms with Crippen molar-refractivity contribution in [3.8, 4) is 0 Å². The van der Waals surface area contributed by atoms with Crippen molar-refractivity contribution >= 4 is 27.2 Å². The van der Waals surface area contributed by atoms with Crippen LogP contribution < -0.4 is 0 Å². The lowest BCUT2D eigenvalue weighted by atomic mass is 10.0. The van der Waals surface area contributed by atoms with E-state index in [2.05, 4.69) is 0 Å². The highest BCUT2D eigenvalue weighted by atomic mass is 35.5. The number of carbonyl (C=O) groups excluding carboxylic acids is 1. The van der Waals surface area contributed by atoms with Crippen molar-refractivity contribution in [2.75, 3.05) is 12.0 Å². The monoisotopic (exact) mass is 274 g/mol. The molecule has 17 heavy (non-hydrogen) atoms. The van der Waals surface area contributed by atoms with E-state index in [9.17, 15) is 13.2 Å². The molecular weight excluding hydrogens is 260 g/mol. The molecule has 94 valence electrons. The Bertz CT molecular complexity index is 521. The van der Waals surface area contributed by atoms with Crippen molar-refractivity contribution in [2.45, 2.75) is 19.8 Å². The summed E-state index contributed by atoms with van der Waals surface area (Å²) >= 11 is 5.92. The first-order valence-electron chi connectivity index (χ1n) is 5.27. The summed E-state index contributed by atoms with van der Waals surface area (Å²) in [6, 6.07) is 5.16. The van der Waals surface area contributed by atoms with E-state index < -0.39 is 9.84 Å². The predicted molar refractivity (Wildman–Crippen MR) is 69.5 cm³/mol. The molecule has 0 aliphatic rings. The molecular formula is C12H15ClO3S. The van der Waals surface area contributed by atoms with Crippen molar-refractivity contribution in [1.29, 1.82) is 0 Å². The molecule has 0 saturated carbocycles. The van der Waals surface area contributed by atoms with Crippen LogP contribution in [0.15, 0.2) is 18.2 Å². The lowest BCUT2D eigenvalue weighted by Crippen LogP contribution is -2.07. The quantitative estimate of drug-likeness (QED) is 0.776. The third-order valence-corrected chi connectivity index (χ3v) is 3.93. The normalized spacial score (nSPS) is 11.5. The van der Waals surface area contributed by atoms with E-state index in [0.29, 0.717) is 17.0 Å². The van der Waals surface area contributed by atoms with Crippen LogP contribution in [-0.2, 0) is 9.84 Å². The molecule has 0 aliphatic carbocycles. The van der Waals surface area contributed by atoms with Crippen molar-refractivity contribution < 1.29 is 13.2 Å². The number of halogens is 1. The molecule has 0 N–H and O–H groups in total. The summed E-state index contributed by atoms with van der Waals surface area (Å²) in [4.78, 5) is 11.9. The number of hydrogen-bond acceptors (Lipinski definition) is 3. The Morgan fingerprint density at radius 2 is 2.00 bits per heavy atom. The zero-order valence-corrected chi connectivity index (χ0v) is 11.4. The van der Waals surface area contributed by atoms with Gasteiger partial charge in [-0.05, 0) is 25.0 Å². The maximum absolute atomic E-state index is 11.9. The van der Waals surface area contributed by atoms with E-state index in [1.54, 1.807) is 25.1 Å². The Kier molecular flexibility index (Phi) is 4.71. The number of sulfone groups is 1. The number of hydrogen-bond donors (Lipinski definition) is 0. The van der Waals surface area contributed by atoms with Crippen LogP contribution in [0.2, 0.25) is 5.02 Å². The molecule has 1 rings (SSSR count). The summed E-state index contributed by atoms with van der Waals surface area (Å²) in [7, 11) is -3.00. The first-order valence-corrected chi connectivity index (χ1v) is 7.71. The van der Waals surface area contributed by atoms with Gasteiger partial charge in [0, 0.05) is 23.3 Å². The maximum Gasteiger partial charge on any atom is 0.163 e. The lowest BCUT2D eigenvalue weighted by molar-refractivity contribution is 0.0981. The molecule has 0 aliphatic heterocycles. The van der Waals surface area contributed by atoms with Crippen molar-refractivity contribution in [3.63, 3.8) is 0 Å². The molecule has 0 radical (unpaired) electrons. The van der Waals surface area contributed by atoms with Crippen LogP contribution in [0.4, 0.5) is 0 Å². The Morgan fingerprint density at radius 3 is 2.59 bits per heavy atom. The second-order valence-corrected chi connectivity index (χ2v) is 6.74. The van der Waals surface area contributed by atoms with Gasteiger partial charge in [-0.25, -0.2) is 8.42 Å². The van der Waals surface area contributed by atoms with Gasteiger partial charge in [-0.3, -0.25) is 4.79 Å². The molecule has 3 nitrogen and oxygen atoms in total. The Balaban J connectivity index is 2.68. The molecule has 0 atom stereocenters. The van der Waals surface area contributed by atoms with Gasteiger partial charge in [0.1, 0.15) is 9.84 Å².